The van der Waals surface area contributed by atoms with Crippen LogP contribution in [0.1, 0.15) is 25.8 Å². The van der Waals surface area contributed by atoms with E-state index >= 15 is 0 Å². The number of anilines is 2. The number of benzene rings is 1. The van der Waals surface area contributed by atoms with Gasteiger partial charge in [0.2, 0.25) is 0 Å². The van der Waals surface area contributed by atoms with E-state index in [-0.39, 0.29) is 11.8 Å². The summed E-state index contributed by atoms with van der Waals surface area (Å²) in [7, 11) is 0. The van der Waals surface area contributed by atoms with Crippen molar-refractivity contribution in [3.05, 3.63) is 48.2 Å². The molecule has 4 rings (SSSR count). The molecule has 1 aliphatic heterocycles. The predicted molar refractivity (Wildman–Crippen MR) is 127 cm³/mol. The molecule has 166 valence electrons. The van der Waals surface area contributed by atoms with Crippen molar-refractivity contribution in [2.45, 2.75) is 30.6 Å². The molecule has 0 fully saturated rings. The second-order valence-electron chi connectivity index (χ2n) is 7.92. The van der Waals surface area contributed by atoms with E-state index in [1.165, 1.54) is 30.4 Å². The van der Waals surface area contributed by atoms with Crippen LogP contribution in [0.2, 0.25) is 0 Å². The monoisotopic (exact) mass is 461 g/mol. The van der Waals surface area contributed by atoms with Crippen LogP contribution >= 0.6 is 11.8 Å². The van der Waals surface area contributed by atoms with Gasteiger partial charge in [0.1, 0.15) is 34.8 Å². The second-order valence-corrected chi connectivity index (χ2v) is 9.44. The number of hydrogen-bond acceptors (Lipinski definition) is 9. The van der Waals surface area contributed by atoms with Crippen LogP contribution in [-0.2, 0) is 5.54 Å². The lowest BCUT2D eigenvalue weighted by Crippen LogP contribution is -2.39. The minimum atomic E-state index is -1.00. The first-order valence-corrected chi connectivity index (χ1v) is 10.8. The lowest BCUT2D eigenvalue weighted by Gasteiger charge is -2.37. The van der Waals surface area contributed by atoms with Crippen LogP contribution in [0.15, 0.2) is 41.8 Å². The van der Waals surface area contributed by atoms with Crippen molar-refractivity contribution in [1.29, 1.82) is 5.26 Å². The Balaban J connectivity index is 1.70. The van der Waals surface area contributed by atoms with Gasteiger partial charge in [0, 0.05) is 23.7 Å². The predicted octanol–water partition coefficient (Wildman–Crippen LogP) is 3.87. The summed E-state index contributed by atoms with van der Waals surface area (Å²) >= 11 is 1.19. The SMILES string of the molecule is C#CCOc1cnc2c(Nc3ccc(F)c([C@]4(C)C[C@](C)(C#N)SC(N)=N4)c3)ncnc2c1. The van der Waals surface area contributed by atoms with Crippen LogP contribution in [0.5, 0.6) is 5.75 Å². The number of halogens is 1. The van der Waals surface area contributed by atoms with Gasteiger partial charge in [0.15, 0.2) is 11.0 Å². The summed E-state index contributed by atoms with van der Waals surface area (Å²) in [6.07, 6.45) is 8.46. The number of nitriles is 1. The summed E-state index contributed by atoms with van der Waals surface area (Å²) in [5.41, 5.74) is 6.96. The standard InChI is InChI=1S/C23H20FN7OS/c1-4-7-32-15-9-18-19(27-10-15)20(29-13-28-18)30-14-5-6-17(24)16(8-14)23(3)11-22(2,12-25)33-21(26)31-23/h1,5-6,8-10,13H,7,11H2,2-3H3,(H2,26,31)(H,28,29,30)/t22-,23+/m1/s1. The van der Waals surface area contributed by atoms with E-state index in [0.717, 1.165) is 0 Å². The Bertz CT molecular complexity index is 1350. The van der Waals surface area contributed by atoms with Gasteiger partial charge in [0.25, 0.3) is 0 Å². The maximum Gasteiger partial charge on any atom is 0.160 e. The zero-order chi connectivity index (χ0) is 23.6. The average Bonchev–Trinajstić information content (AvgIpc) is 2.78. The molecule has 33 heavy (non-hydrogen) atoms. The van der Waals surface area contributed by atoms with E-state index in [0.29, 0.717) is 40.3 Å². The molecular weight excluding hydrogens is 441 g/mol. The fourth-order valence-electron chi connectivity index (χ4n) is 3.82. The Morgan fingerprint density at radius 2 is 2.12 bits per heavy atom. The molecule has 0 saturated carbocycles. The third kappa shape index (κ3) is 4.52. The number of aromatic nitrogens is 3. The van der Waals surface area contributed by atoms with E-state index in [4.69, 9.17) is 16.9 Å². The molecule has 2 atom stereocenters. The molecule has 1 aliphatic rings. The number of ether oxygens (including phenoxy) is 1. The Kier molecular flexibility index (Phi) is 5.79. The van der Waals surface area contributed by atoms with Gasteiger partial charge < -0.3 is 15.8 Å². The topological polar surface area (TPSA) is 122 Å². The Hall–Kier alpha value is -3.89. The maximum atomic E-state index is 14.9. The highest BCUT2D eigenvalue weighted by Gasteiger charge is 2.43. The van der Waals surface area contributed by atoms with Crippen LogP contribution in [0.25, 0.3) is 11.0 Å². The lowest BCUT2D eigenvalue weighted by molar-refractivity contribution is 0.369. The van der Waals surface area contributed by atoms with Crippen molar-refractivity contribution >= 4 is 39.5 Å². The van der Waals surface area contributed by atoms with Gasteiger partial charge in [0.05, 0.1) is 23.3 Å². The van der Waals surface area contributed by atoms with Gasteiger partial charge in [-0.3, -0.25) is 4.99 Å². The number of hydrogen-bond donors (Lipinski definition) is 2. The van der Waals surface area contributed by atoms with Crippen molar-refractivity contribution in [3.8, 4) is 24.2 Å². The molecule has 1 aromatic carbocycles. The fraction of sp³-hybridized carbons (Fsp3) is 0.261. The van der Waals surface area contributed by atoms with Crippen LogP contribution in [0.3, 0.4) is 0 Å². The number of fused-ring (bicyclic) bond motifs is 1. The molecule has 3 heterocycles. The van der Waals surface area contributed by atoms with Crippen molar-refractivity contribution < 1.29 is 9.13 Å². The molecule has 3 N–H and O–H groups in total. The fourth-order valence-corrected chi connectivity index (χ4v) is 4.93. The summed E-state index contributed by atoms with van der Waals surface area (Å²) in [6.45, 7) is 3.67. The maximum absolute atomic E-state index is 14.9. The van der Waals surface area contributed by atoms with Crippen molar-refractivity contribution in [3.63, 3.8) is 0 Å². The van der Waals surface area contributed by atoms with E-state index in [2.05, 4.69) is 37.3 Å². The molecular formula is C23H20FN7OS. The molecule has 0 amide bonds. The molecule has 3 aromatic rings. The summed E-state index contributed by atoms with van der Waals surface area (Å²) in [5, 5.41) is 13.0. The number of rotatable bonds is 5. The first-order valence-electron chi connectivity index (χ1n) is 9.95. The summed E-state index contributed by atoms with van der Waals surface area (Å²) in [6, 6.07) is 8.57. The number of nitrogens with two attached hydrogens (primary N) is 1. The molecule has 8 nitrogen and oxygen atoms in total. The molecule has 0 radical (unpaired) electrons. The zero-order valence-electron chi connectivity index (χ0n) is 18.0. The molecule has 0 bridgehead atoms. The molecule has 2 aromatic heterocycles. The molecule has 0 aliphatic carbocycles. The zero-order valence-corrected chi connectivity index (χ0v) is 18.8. The van der Waals surface area contributed by atoms with Gasteiger partial charge in [-0.05, 0) is 32.0 Å². The van der Waals surface area contributed by atoms with Crippen molar-refractivity contribution in [2.24, 2.45) is 10.7 Å². The minimum absolute atomic E-state index is 0.122. The van der Waals surface area contributed by atoms with Crippen LogP contribution < -0.4 is 15.8 Å². The second kappa shape index (κ2) is 8.57. The van der Waals surface area contributed by atoms with Crippen molar-refractivity contribution in [2.75, 3.05) is 11.9 Å². The van der Waals surface area contributed by atoms with Crippen LogP contribution in [-0.4, -0.2) is 31.5 Å². The number of amidine groups is 1. The van der Waals surface area contributed by atoms with Gasteiger partial charge >= 0.3 is 0 Å². The quantitative estimate of drug-likeness (QED) is 0.549. The number of thioether (sulfide) groups is 1. The first kappa shape index (κ1) is 22.3. The van der Waals surface area contributed by atoms with Gasteiger partial charge in [-0.2, -0.15) is 5.26 Å². The van der Waals surface area contributed by atoms with Crippen LogP contribution in [0, 0.1) is 29.5 Å². The Labute approximate surface area is 194 Å². The highest BCUT2D eigenvalue weighted by Crippen LogP contribution is 2.46. The lowest BCUT2D eigenvalue weighted by atomic mass is 9.83. The van der Waals surface area contributed by atoms with Crippen LogP contribution in [0.4, 0.5) is 15.9 Å². The van der Waals surface area contributed by atoms with E-state index in [1.807, 2.05) is 0 Å². The number of terminal acetylenes is 1. The summed E-state index contributed by atoms with van der Waals surface area (Å²) in [5.74, 6) is 2.89. The van der Waals surface area contributed by atoms with E-state index in [9.17, 15) is 9.65 Å². The molecule has 0 spiro atoms. The first-order chi connectivity index (χ1) is 15.7. The third-order valence-corrected chi connectivity index (χ3v) is 6.17. The Morgan fingerprint density at radius 3 is 2.88 bits per heavy atom. The smallest absolute Gasteiger partial charge is 0.160 e. The summed E-state index contributed by atoms with van der Waals surface area (Å²) < 4.78 is 19.5. The molecule has 0 unspecified atom stereocenters. The molecule has 10 heteroatoms. The van der Waals surface area contributed by atoms with Gasteiger partial charge in [-0.15, -0.1) is 6.42 Å². The average molecular weight is 462 g/mol. The number of pyridine rings is 1. The minimum Gasteiger partial charge on any atom is -0.479 e. The van der Waals surface area contributed by atoms with E-state index < -0.39 is 16.1 Å². The van der Waals surface area contributed by atoms with Crippen molar-refractivity contribution in [1.82, 2.24) is 15.0 Å². The third-order valence-electron chi connectivity index (χ3n) is 5.19. The highest BCUT2D eigenvalue weighted by atomic mass is 32.2. The van der Waals surface area contributed by atoms with Gasteiger partial charge in [-0.25, -0.2) is 19.3 Å². The Morgan fingerprint density at radius 1 is 1.30 bits per heavy atom. The number of nitrogens with zero attached hydrogens (tertiary/aromatic N) is 5. The molecule has 0 saturated heterocycles. The van der Waals surface area contributed by atoms with E-state index in [1.54, 1.807) is 32.0 Å². The highest BCUT2D eigenvalue weighted by molar-refractivity contribution is 8.15. The number of aliphatic imine (C=N–C) groups is 1. The largest absolute Gasteiger partial charge is 0.479 e. The van der Waals surface area contributed by atoms with Gasteiger partial charge in [-0.1, -0.05) is 17.7 Å². The number of nitrogens with one attached hydrogen (secondary N) is 1. The normalized spacial score (nSPS) is 22.2. The summed E-state index contributed by atoms with van der Waals surface area (Å²) in [4.78, 5) is 17.4.